The van der Waals surface area contributed by atoms with Crippen molar-refractivity contribution in [3.63, 3.8) is 0 Å². The van der Waals surface area contributed by atoms with Gasteiger partial charge in [0.1, 0.15) is 13.2 Å². The van der Waals surface area contributed by atoms with Gasteiger partial charge < -0.3 is 40.2 Å². The zero-order valence-electron chi connectivity index (χ0n) is 31.4. The third-order valence-corrected chi connectivity index (χ3v) is 6.09. The van der Waals surface area contributed by atoms with E-state index in [-0.39, 0.29) is 60.7 Å². The lowest BCUT2D eigenvalue weighted by Gasteiger charge is -2.09. The van der Waals surface area contributed by atoms with Crippen LogP contribution in [0.15, 0.2) is 0 Å². The Morgan fingerprint density at radius 2 is 0.872 bits per heavy atom. The summed E-state index contributed by atoms with van der Waals surface area (Å²) in [6, 6.07) is 0. The second-order valence-corrected chi connectivity index (χ2v) is 11.8. The Morgan fingerprint density at radius 3 is 1.23 bits per heavy atom. The van der Waals surface area contributed by atoms with Crippen molar-refractivity contribution in [1.82, 2.24) is 21.3 Å². The quantitative estimate of drug-likeness (QED) is 0.0787. The van der Waals surface area contributed by atoms with Crippen molar-refractivity contribution < 1.29 is 43.8 Å². The second-order valence-electron chi connectivity index (χ2n) is 11.8. The Bertz CT molecular complexity index is 757. The van der Waals surface area contributed by atoms with E-state index in [0.717, 1.165) is 77.5 Å². The lowest BCUT2D eigenvalue weighted by molar-refractivity contribution is -0.127. The van der Waals surface area contributed by atoms with Crippen LogP contribution in [0.4, 0.5) is 0 Å². The number of carbonyl (C=O) groups is 4. The number of carbonyl (C=O) groups excluding carboxylic acids is 4. The fraction of sp³-hybridized carbons (Fsp3) is 0.886. The first-order chi connectivity index (χ1) is 22.5. The average Bonchev–Trinajstić information content (AvgIpc) is 3.03. The van der Waals surface area contributed by atoms with Crippen molar-refractivity contribution in [2.24, 2.45) is 5.92 Å². The summed E-state index contributed by atoms with van der Waals surface area (Å²) in [6.45, 7) is 22.7. The van der Waals surface area contributed by atoms with Gasteiger partial charge in [-0.2, -0.15) is 0 Å². The number of unbranched alkanes of at least 4 members (excludes halogenated alkanes) is 6. The number of nitrogens with one attached hydrogen (secondary N) is 4. The summed E-state index contributed by atoms with van der Waals surface area (Å²) in [5.41, 5.74) is 0. The number of hydrogen-bond donors (Lipinski definition) is 4. The van der Waals surface area contributed by atoms with Crippen LogP contribution in [0.3, 0.4) is 0 Å². The van der Waals surface area contributed by atoms with Crippen LogP contribution < -0.4 is 21.3 Å². The second kappa shape index (κ2) is 38.2. The minimum atomic E-state index is -0.0689. The van der Waals surface area contributed by atoms with Crippen molar-refractivity contribution in [2.45, 2.75) is 132 Å². The van der Waals surface area contributed by atoms with E-state index < -0.39 is 0 Å². The minimum Gasteiger partial charge on any atom is -0.379 e. The molecule has 0 aromatic heterocycles. The first-order valence-electron chi connectivity index (χ1n) is 17.9. The van der Waals surface area contributed by atoms with Crippen LogP contribution in [0.5, 0.6) is 0 Å². The van der Waals surface area contributed by atoms with Gasteiger partial charge in [-0.25, -0.2) is 0 Å². The van der Waals surface area contributed by atoms with Gasteiger partial charge in [0, 0.05) is 57.9 Å². The molecular formula is C35H80N4O8. The molecule has 0 saturated carbocycles. The Morgan fingerprint density at radius 1 is 0.511 bits per heavy atom. The van der Waals surface area contributed by atoms with Crippen molar-refractivity contribution >= 4 is 23.6 Å². The smallest absolute Gasteiger partial charge is 0.246 e. The van der Waals surface area contributed by atoms with E-state index in [2.05, 4.69) is 21.3 Å². The summed E-state index contributed by atoms with van der Waals surface area (Å²) in [7, 11) is 0. The molecule has 0 saturated heterocycles. The Kier molecular flexibility index (Phi) is 39.9. The molecule has 12 heteroatoms. The molecule has 0 aromatic carbocycles. The van der Waals surface area contributed by atoms with Crippen molar-refractivity contribution in [3.05, 3.63) is 0 Å². The molecule has 0 heterocycles. The number of hydrogen-bond acceptors (Lipinski definition) is 8. The Balaban J connectivity index is -0.000000147. The van der Waals surface area contributed by atoms with Gasteiger partial charge in [-0.1, -0.05) is 27.7 Å². The highest BCUT2D eigenvalue weighted by Gasteiger charge is 2.05. The van der Waals surface area contributed by atoms with E-state index >= 15 is 0 Å². The molecule has 4 amide bonds. The molecule has 288 valence electrons. The van der Waals surface area contributed by atoms with Gasteiger partial charge in [0.05, 0.1) is 25.4 Å². The van der Waals surface area contributed by atoms with Crippen molar-refractivity contribution in [1.29, 1.82) is 0 Å². The summed E-state index contributed by atoms with van der Waals surface area (Å²) in [5.74, 6) is 0.0559. The molecule has 0 bridgehead atoms. The van der Waals surface area contributed by atoms with Gasteiger partial charge in [0.2, 0.25) is 23.6 Å². The third-order valence-electron chi connectivity index (χ3n) is 6.09. The minimum absolute atomic E-state index is 0. The molecule has 12 nitrogen and oxygen atoms in total. The molecule has 0 radical (unpaired) electrons. The van der Waals surface area contributed by atoms with E-state index in [9.17, 15) is 19.2 Å². The van der Waals surface area contributed by atoms with E-state index in [1.807, 2.05) is 55.4 Å². The summed E-state index contributed by atoms with van der Waals surface area (Å²) >= 11 is 0. The maximum absolute atomic E-state index is 11.4. The highest BCUT2D eigenvalue weighted by atomic mass is 16.5. The van der Waals surface area contributed by atoms with Gasteiger partial charge >= 0.3 is 0 Å². The van der Waals surface area contributed by atoms with Crippen LogP contribution in [0, 0.1) is 5.92 Å². The van der Waals surface area contributed by atoms with E-state index in [1.54, 1.807) is 0 Å². The topological polar surface area (TPSA) is 153 Å². The molecule has 4 N–H and O–H groups in total. The number of rotatable bonds is 28. The van der Waals surface area contributed by atoms with Crippen LogP contribution in [-0.4, -0.2) is 102 Å². The van der Waals surface area contributed by atoms with Crippen LogP contribution in [0.25, 0.3) is 0 Å². The van der Waals surface area contributed by atoms with Crippen molar-refractivity contribution in [3.8, 4) is 0 Å². The highest BCUT2D eigenvalue weighted by Crippen LogP contribution is 1.98. The summed E-state index contributed by atoms with van der Waals surface area (Å²) < 4.78 is 21.5. The fourth-order valence-electron chi connectivity index (χ4n) is 3.48. The predicted octanol–water partition coefficient (Wildman–Crippen LogP) is 5.52. The highest BCUT2D eigenvalue weighted by molar-refractivity contribution is 5.78. The lowest BCUT2D eigenvalue weighted by Crippen LogP contribution is -2.29. The maximum Gasteiger partial charge on any atom is 0.246 e. The Hall–Kier alpha value is -2.28. The van der Waals surface area contributed by atoms with Crippen LogP contribution in [0.1, 0.15) is 126 Å². The van der Waals surface area contributed by atoms with Gasteiger partial charge in [0.15, 0.2) is 0 Å². The molecule has 0 unspecified atom stereocenters. The van der Waals surface area contributed by atoms with Gasteiger partial charge in [-0.15, -0.1) is 0 Å². The molecule has 0 fully saturated rings. The molecule has 0 aliphatic heterocycles. The molecule has 47 heavy (non-hydrogen) atoms. The fourth-order valence-corrected chi connectivity index (χ4v) is 3.48. The van der Waals surface area contributed by atoms with E-state index in [4.69, 9.17) is 18.9 Å². The van der Waals surface area contributed by atoms with E-state index in [1.165, 1.54) is 6.92 Å². The standard InChI is InChI=1S/C21H42N2O5.C12H24N2O3.C2H6.4H2/c1-18(2)21(25)23-12-8-6-10-14-27-16-15-26-13-9-5-7-11-22-20(24)17-28-19(3)4;1-10(2)17-9-12(16)14-8-6-4-5-7-13-11(3)15;1-2;;;;/h18-19H,5-17H2,1-4H3,(H,22,24)(H,23,25);10H,4-9H2,1-3H3,(H,13,15)(H,14,16);1-2H3;4*1H. The monoisotopic (exact) mass is 685 g/mol. The van der Waals surface area contributed by atoms with Gasteiger partial charge in [-0.3, -0.25) is 19.2 Å². The molecule has 0 atom stereocenters. The molecule has 0 spiro atoms. The SMILES string of the molecule is CC.CC(=O)NCCCCCNC(=O)COC(C)C.CC(C)OCC(=O)NCCCCCOCCOCCCCCNC(=O)C(C)C.[HH].[HH].[HH].[HH]. The largest absolute Gasteiger partial charge is 0.379 e. The zero-order valence-corrected chi connectivity index (χ0v) is 31.4. The number of amides is 4. The summed E-state index contributed by atoms with van der Waals surface area (Å²) in [5, 5.41) is 11.3. The zero-order chi connectivity index (χ0) is 36.1. The van der Waals surface area contributed by atoms with Gasteiger partial charge in [0.25, 0.3) is 0 Å². The van der Waals surface area contributed by atoms with Crippen LogP contribution in [-0.2, 0) is 38.1 Å². The number of ether oxygens (including phenoxy) is 4. The Labute approximate surface area is 292 Å². The molecule has 0 aliphatic rings. The van der Waals surface area contributed by atoms with Crippen LogP contribution in [0.2, 0.25) is 0 Å². The van der Waals surface area contributed by atoms with E-state index in [0.29, 0.717) is 32.8 Å². The first kappa shape index (κ1) is 49.1. The summed E-state index contributed by atoms with van der Waals surface area (Å²) in [6.07, 6.45) is 9.03. The van der Waals surface area contributed by atoms with Gasteiger partial charge in [-0.05, 0) is 85.5 Å². The molecule has 0 rings (SSSR count). The normalized spacial score (nSPS) is 10.6. The molecular weight excluding hydrogens is 604 g/mol. The molecule has 0 aromatic rings. The predicted molar refractivity (Wildman–Crippen MR) is 198 cm³/mol. The average molecular weight is 685 g/mol. The maximum atomic E-state index is 11.4. The lowest BCUT2D eigenvalue weighted by atomic mass is 10.2. The van der Waals surface area contributed by atoms with Crippen molar-refractivity contribution in [2.75, 3.05) is 65.8 Å². The van der Waals surface area contributed by atoms with Crippen LogP contribution >= 0.6 is 0 Å². The third kappa shape index (κ3) is 45.9. The first-order valence-corrected chi connectivity index (χ1v) is 17.9. The summed E-state index contributed by atoms with van der Waals surface area (Å²) in [4.78, 5) is 44.6. The molecule has 0 aliphatic carbocycles.